The summed E-state index contributed by atoms with van der Waals surface area (Å²) in [6, 6.07) is 0. The predicted molar refractivity (Wildman–Crippen MR) is 63.3 cm³/mol. The Morgan fingerprint density at radius 3 is 1.64 bits per heavy atom. The molecule has 0 fully saturated rings. The average molecular weight is 200 g/mol. The van der Waals surface area contributed by atoms with Crippen LogP contribution in [0.3, 0.4) is 0 Å². The molecule has 1 N–H and O–H groups in total. The van der Waals surface area contributed by atoms with E-state index in [0.717, 1.165) is 0 Å². The van der Waals surface area contributed by atoms with Crippen molar-refractivity contribution in [1.29, 1.82) is 0 Å². The zero-order valence-electron chi connectivity index (χ0n) is 11.0. The SMILES string of the molecule is CC(CC(C)(C)C)C(CO)C(C)(C)C. The molecule has 0 aromatic heterocycles. The molecule has 0 radical (unpaired) electrons. The Balaban J connectivity index is 4.41. The first-order valence-corrected chi connectivity index (χ1v) is 5.69. The standard InChI is InChI=1S/C13H28O/c1-10(8-12(2,3)4)11(9-14)13(5,6)7/h10-11,14H,8-9H2,1-7H3. The van der Waals surface area contributed by atoms with E-state index in [1.807, 2.05) is 0 Å². The van der Waals surface area contributed by atoms with Crippen molar-refractivity contribution < 1.29 is 5.11 Å². The van der Waals surface area contributed by atoms with Crippen LogP contribution >= 0.6 is 0 Å². The zero-order chi connectivity index (χ0) is 11.6. The molecule has 0 aromatic carbocycles. The summed E-state index contributed by atoms with van der Waals surface area (Å²) in [4.78, 5) is 0. The lowest BCUT2D eigenvalue weighted by atomic mass is 9.70. The van der Waals surface area contributed by atoms with Gasteiger partial charge in [0.1, 0.15) is 0 Å². The maximum Gasteiger partial charge on any atom is 0.0466 e. The highest BCUT2D eigenvalue weighted by atomic mass is 16.3. The van der Waals surface area contributed by atoms with Crippen molar-refractivity contribution in [3.05, 3.63) is 0 Å². The van der Waals surface area contributed by atoms with Crippen LogP contribution < -0.4 is 0 Å². The van der Waals surface area contributed by atoms with E-state index < -0.39 is 0 Å². The lowest BCUT2D eigenvalue weighted by Crippen LogP contribution is -2.32. The number of hydrogen-bond acceptors (Lipinski definition) is 1. The first kappa shape index (κ1) is 14.0. The Kier molecular flexibility index (Phi) is 4.64. The first-order valence-electron chi connectivity index (χ1n) is 5.69. The summed E-state index contributed by atoms with van der Waals surface area (Å²) in [7, 11) is 0. The molecule has 0 saturated heterocycles. The third-order valence-corrected chi connectivity index (χ3v) is 2.93. The molecule has 0 saturated carbocycles. The predicted octanol–water partition coefficient (Wildman–Crippen LogP) is 3.71. The molecule has 0 aliphatic rings. The van der Waals surface area contributed by atoms with Crippen LogP contribution in [0.2, 0.25) is 0 Å². The average Bonchev–Trinajstić information content (AvgIpc) is 1.79. The zero-order valence-corrected chi connectivity index (χ0v) is 11.0. The van der Waals surface area contributed by atoms with E-state index >= 15 is 0 Å². The van der Waals surface area contributed by atoms with E-state index in [0.29, 0.717) is 23.9 Å². The minimum absolute atomic E-state index is 0.208. The van der Waals surface area contributed by atoms with E-state index in [4.69, 9.17) is 0 Å². The summed E-state index contributed by atoms with van der Waals surface area (Å²) in [6.07, 6.45) is 1.18. The van der Waals surface area contributed by atoms with Crippen LogP contribution in [-0.2, 0) is 0 Å². The number of rotatable bonds is 3. The number of aliphatic hydroxyl groups excluding tert-OH is 1. The van der Waals surface area contributed by atoms with Gasteiger partial charge in [-0.3, -0.25) is 0 Å². The molecule has 2 unspecified atom stereocenters. The van der Waals surface area contributed by atoms with Crippen LogP contribution in [-0.4, -0.2) is 11.7 Å². The summed E-state index contributed by atoms with van der Waals surface area (Å²) in [5, 5.41) is 9.43. The Morgan fingerprint density at radius 1 is 1.00 bits per heavy atom. The van der Waals surface area contributed by atoms with E-state index in [2.05, 4.69) is 48.5 Å². The van der Waals surface area contributed by atoms with Gasteiger partial charge in [-0.2, -0.15) is 0 Å². The van der Waals surface area contributed by atoms with Crippen molar-refractivity contribution in [2.75, 3.05) is 6.61 Å². The molecular weight excluding hydrogens is 172 g/mol. The molecule has 2 atom stereocenters. The summed E-state index contributed by atoms with van der Waals surface area (Å²) in [6.45, 7) is 16.0. The van der Waals surface area contributed by atoms with Gasteiger partial charge < -0.3 is 5.11 Å². The summed E-state index contributed by atoms with van der Waals surface area (Å²) in [5.74, 6) is 0.988. The second-order valence-corrected chi connectivity index (χ2v) is 6.90. The molecule has 1 nitrogen and oxygen atoms in total. The monoisotopic (exact) mass is 200 g/mol. The van der Waals surface area contributed by atoms with Crippen molar-refractivity contribution in [2.24, 2.45) is 22.7 Å². The Bertz CT molecular complexity index is 159. The molecule has 0 heterocycles. The molecule has 0 amide bonds. The molecule has 0 spiro atoms. The van der Waals surface area contributed by atoms with Crippen molar-refractivity contribution in [3.8, 4) is 0 Å². The van der Waals surface area contributed by atoms with Crippen molar-refractivity contribution in [1.82, 2.24) is 0 Å². The number of hydrogen-bond donors (Lipinski definition) is 1. The fraction of sp³-hybridized carbons (Fsp3) is 1.00. The van der Waals surface area contributed by atoms with Crippen LogP contribution in [0.15, 0.2) is 0 Å². The largest absolute Gasteiger partial charge is 0.396 e. The molecule has 0 aliphatic carbocycles. The highest BCUT2D eigenvalue weighted by Crippen LogP contribution is 2.37. The van der Waals surface area contributed by atoms with Crippen LogP contribution in [0.25, 0.3) is 0 Å². The van der Waals surface area contributed by atoms with Gasteiger partial charge in [-0.25, -0.2) is 0 Å². The molecule has 0 aliphatic heterocycles. The third-order valence-electron chi connectivity index (χ3n) is 2.93. The Morgan fingerprint density at radius 2 is 1.43 bits per heavy atom. The van der Waals surface area contributed by atoms with Gasteiger partial charge in [-0.05, 0) is 29.1 Å². The van der Waals surface area contributed by atoms with Gasteiger partial charge in [0, 0.05) is 6.61 Å². The fourth-order valence-corrected chi connectivity index (χ4v) is 2.42. The van der Waals surface area contributed by atoms with Gasteiger partial charge in [0.05, 0.1) is 0 Å². The first-order chi connectivity index (χ1) is 6.08. The molecule has 0 aromatic rings. The van der Waals surface area contributed by atoms with Gasteiger partial charge in [-0.1, -0.05) is 48.5 Å². The minimum Gasteiger partial charge on any atom is -0.396 e. The quantitative estimate of drug-likeness (QED) is 0.736. The van der Waals surface area contributed by atoms with Crippen molar-refractivity contribution in [2.45, 2.75) is 54.9 Å². The lowest BCUT2D eigenvalue weighted by molar-refractivity contribution is 0.0665. The van der Waals surface area contributed by atoms with Crippen molar-refractivity contribution in [3.63, 3.8) is 0 Å². The van der Waals surface area contributed by atoms with E-state index in [1.54, 1.807) is 0 Å². The van der Waals surface area contributed by atoms with Crippen LogP contribution in [0.4, 0.5) is 0 Å². The van der Waals surface area contributed by atoms with Gasteiger partial charge >= 0.3 is 0 Å². The second-order valence-electron chi connectivity index (χ2n) is 6.90. The topological polar surface area (TPSA) is 20.2 Å². The molecule has 86 valence electrons. The maximum absolute atomic E-state index is 9.43. The normalized spacial score (nSPS) is 18.0. The fourth-order valence-electron chi connectivity index (χ4n) is 2.42. The Hall–Kier alpha value is -0.0400. The highest BCUT2D eigenvalue weighted by molar-refractivity contribution is 4.80. The minimum atomic E-state index is 0.208. The second kappa shape index (κ2) is 4.65. The molecule has 1 heteroatoms. The molecular formula is C13H28O. The lowest BCUT2D eigenvalue weighted by Gasteiger charge is -2.37. The van der Waals surface area contributed by atoms with Crippen LogP contribution in [0.1, 0.15) is 54.9 Å². The van der Waals surface area contributed by atoms with E-state index in [-0.39, 0.29) is 5.41 Å². The summed E-state index contributed by atoms with van der Waals surface area (Å²) in [5.41, 5.74) is 0.567. The van der Waals surface area contributed by atoms with E-state index in [9.17, 15) is 5.11 Å². The van der Waals surface area contributed by atoms with Crippen LogP contribution in [0.5, 0.6) is 0 Å². The third kappa shape index (κ3) is 4.99. The number of aliphatic hydroxyl groups is 1. The smallest absolute Gasteiger partial charge is 0.0466 e. The summed E-state index contributed by atoms with van der Waals surface area (Å²) >= 11 is 0. The molecule has 0 bridgehead atoms. The molecule has 14 heavy (non-hydrogen) atoms. The summed E-state index contributed by atoms with van der Waals surface area (Å²) < 4.78 is 0. The van der Waals surface area contributed by atoms with Gasteiger partial charge in [0.15, 0.2) is 0 Å². The van der Waals surface area contributed by atoms with Gasteiger partial charge in [0.2, 0.25) is 0 Å². The van der Waals surface area contributed by atoms with Crippen LogP contribution in [0, 0.1) is 22.7 Å². The molecule has 0 rings (SSSR count). The Labute approximate surface area is 89.9 Å². The van der Waals surface area contributed by atoms with Gasteiger partial charge in [0.25, 0.3) is 0 Å². The van der Waals surface area contributed by atoms with Gasteiger partial charge in [-0.15, -0.1) is 0 Å². The van der Waals surface area contributed by atoms with Crippen molar-refractivity contribution >= 4 is 0 Å². The van der Waals surface area contributed by atoms with E-state index in [1.165, 1.54) is 6.42 Å². The maximum atomic E-state index is 9.43. The highest BCUT2D eigenvalue weighted by Gasteiger charge is 2.31.